The van der Waals surface area contributed by atoms with Crippen LogP contribution in [0.5, 0.6) is 0 Å². The predicted octanol–water partition coefficient (Wildman–Crippen LogP) is 3.05. The maximum atomic E-state index is 13.7. The Morgan fingerprint density at radius 3 is 2.48 bits per heavy atom. The van der Waals surface area contributed by atoms with Gasteiger partial charge in [-0.3, -0.25) is 9.59 Å². The van der Waals surface area contributed by atoms with E-state index in [1.165, 1.54) is 42.4 Å². The average Bonchev–Trinajstić information content (AvgIpc) is 2.91. The van der Waals surface area contributed by atoms with Crippen LogP contribution in [0.25, 0.3) is 0 Å². The number of aromatic nitrogens is 1. The Balaban J connectivity index is 1.87. The highest BCUT2D eigenvalue weighted by Crippen LogP contribution is 2.36. The number of carbonyl (C=O) groups excluding carboxylic acids is 2. The van der Waals surface area contributed by atoms with Crippen LogP contribution in [0.15, 0.2) is 42.6 Å². The fourth-order valence-electron chi connectivity index (χ4n) is 3.10. The van der Waals surface area contributed by atoms with Gasteiger partial charge in [-0.25, -0.2) is 4.98 Å². The van der Waals surface area contributed by atoms with E-state index in [1.807, 2.05) is 0 Å². The Labute approximate surface area is 152 Å². The van der Waals surface area contributed by atoms with Crippen LogP contribution in [0.4, 0.5) is 23.2 Å². The summed E-state index contributed by atoms with van der Waals surface area (Å²) in [4.78, 5) is 29.8. The molecule has 1 aliphatic heterocycles. The van der Waals surface area contributed by atoms with Crippen LogP contribution in [0.1, 0.15) is 17.0 Å². The van der Waals surface area contributed by atoms with Gasteiger partial charge in [0.1, 0.15) is 5.92 Å². The number of likely N-dealkylation sites (N-methyl/N-ethyl adjacent to an activating group) is 1. The van der Waals surface area contributed by atoms with Crippen LogP contribution in [-0.4, -0.2) is 35.3 Å². The number of benzene rings is 1. The highest BCUT2D eigenvalue weighted by atomic mass is 19.4. The maximum absolute atomic E-state index is 13.7. The third-order valence-corrected chi connectivity index (χ3v) is 4.48. The van der Waals surface area contributed by atoms with Crippen LogP contribution in [0.2, 0.25) is 0 Å². The quantitative estimate of drug-likeness (QED) is 0.505. The van der Waals surface area contributed by atoms with Gasteiger partial charge in [0.15, 0.2) is 0 Å². The van der Waals surface area contributed by atoms with Crippen LogP contribution in [-0.2, 0) is 15.8 Å². The van der Waals surface area contributed by atoms with E-state index < -0.39 is 41.3 Å². The topological polar surface area (TPSA) is 62.3 Å². The van der Waals surface area contributed by atoms with Crippen molar-refractivity contribution in [2.75, 3.05) is 18.9 Å². The van der Waals surface area contributed by atoms with Gasteiger partial charge in [0.05, 0.1) is 11.3 Å². The first-order chi connectivity index (χ1) is 12.7. The molecule has 1 fully saturated rings. The van der Waals surface area contributed by atoms with Gasteiger partial charge >= 0.3 is 6.18 Å². The summed E-state index contributed by atoms with van der Waals surface area (Å²) in [5.41, 5.74) is -0.564. The van der Waals surface area contributed by atoms with Crippen molar-refractivity contribution in [3.05, 3.63) is 59.7 Å². The second-order valence-electron chi connectivity index (χ2n) is 6.25. The lowest BCUT2D eigenvalue weighted by Gasteiger charge is -2.17. The zero-order valence-electron chi connectivity index (χ0n) is 14.1. The molecule has 0 aliphatic carbocycles. The highest BCUT2D eigenvalue weighted by Gasteiger charge is 2.44. The lowest BCUT2D eigenvalue weighted by atomic mass is 9.87. The lowest BCUT2D eigenvalue weighted by molar-refractivity contribution is -0.138. The van der Waals surface area contributed by atoms with Crippen LogP contribution in [0.3, 0.4) is 0 Å². The first kappa shape index (κ1) is 18.8. The molecule has 0 unspecified atom stereocenters. The Hall–Kier alpha value is -2.97. The molecule has 1 aliphatic rings. The van der Waals surface area contributed by atoms with E-state index in [2.05, 4.69) is 10.3 Å². The number of likely N-dealkylation sites (tertiary alicyclic amines) is 1. The average molecular weight is 381 g/mol. The van der Waals surface area contributed by atoms with Crippen molar-refractivity contribution in [1.82, 2.24) is 9.88 Å². The van der Waals surface area contributed by atoms with E-state index in [-0.39, 0.29) is 12.2 Å². The fraction of sp³-hybridized carbons (Fsp3) is 0.278. The molecule has 0 saturated carbocycles. The molecule has 2 aromatic rings. The number of carbonyl (C=O) groups is 2. The molecule has 1 N–H and O–H groups in total. The predicted molar refractivity (Wildman–Crippen MR) is 88.1 cm³/mol. The van der Waals surface area contributed by atoms with Gasteiger partial charge in [-0.2, -0.15) is 17.6 Å². The van der Waals surface area contributed by atoms with Gasteiger partial charge in [-0.05, 0) is 29.8 Å². The molecule has 1 aromatic heterocycles. The molecule has 1 aromatic carbocycles. The number of nitrogens with one attached hydrogen (secondary N) is 1. The van der Waals surface area contributed by atoms with Crippen molar-refractivity contribution in [2.24, 2.45) is 5.92 Å². The van der Waals surface area contributed by atoms with Gasteiger partial charge < -0.3 is 10.2 Å². The minimum absolute atomic E-state index is 0.164. The number of pyridine rings is 1. The fourth-order valence-corrected chi connectivity index (χ4v) is 3.10. The molecular formula is C18H15F4N3O2. The summed E-state index contributed by atoms with van der Waals surface area (Å²) in [6.45, 7) is 0.164. The number of anilines is 1. The molecular weight excluding hydrogens is 366 g/mol. The van der Waals surface area contributed by atoms with Crippen molar-refractivity contribution in [3.63, 3.8) is 0 Å². The molecule has 142 valence electrons. The highest BCUT2D eigenvalue weighted by molar-refractivity contribution is 6.08. The molecule has 5 nitrogen and oxygen atoms in total. The van der Waals surface area contributed by atoms with E-state index in [0.717, 1.165) is 12.1 Å². The van der Waals surface area contributed by atoms with Gasteiger partial charge in [0.25, 0.3) is 0 Å². The summed E-state index contributed by atoms with van der Waals surface area (Å²) in [6.07, 6.45) is -3.26. The second-order valence-corrected chi connectivity index (χ2v) is 6.25. The standard InChI is InChI=1S/C18H15F4N3O2/c1-25-9-12(10-4-6-11(7-5-10)18(20,21)22)14(17(25)27)16(26)24-13-3-2-8-23-15(13)19/h2-8,12,14H,9H2,1H3,(H,24,26)/t12-,14+/m0/s1. The molecule has 2 heterocycles. The summed E-state index contributed by atoms with van der Waals surface area (Å²) >= 11 is 0. The SMILES string of the molecule is CN1C[C@@H](c2ccc(C(F)(F)F)cc2)[C@H](C(=O)Nc2cccnc2F)C1=O. The molecule has 0 bridgehead atoms. The zero-order chi connectivity index (χ0) is 19.8. The lowest BCUT2D eigenvalue weighted by Crippen LogP contribution is -2.33. The smallest absolute Gasteiger partial charge is 0.344 e. The van der Waals surface area contributed by atoms with E-state index >= 15 is 0 Å². The molecule has 3 rings (SSSR count). The Bertz CT molecular complexity index is 868. The summed E-state index contributed by atoms with van der Waals surface area (Å²) in [7, 11) is 1.50. The minimum atomic E-state index is -4.48. The van der Waals surface area contributed by atoms with Gasteiger partial charge in [0, 0.05) is 25.7 Å². The normalized spacial score (nSPS) is 20.0. The van der Waals surface area contributed by atoms with Crippen LogP contribution in [0, 0.1) is 11.9 Å². The molecule has 2 atom stereocenters. The maximum Gasteiger partial charge on any atom is 0.416 e. The monoisotopic (exact) mass is 381 g/mol. The van der Waals surface area contributed by atoms with E-state index in [9.17, 15) is 27.2 Å². The molecule has 0 spiro atoms. The van der Waals surface area contributed by atoms with Crippen LogP contribution >= 0.6 is 0 Å². The number of amides is 2. The largest absolute Gasteiger partial charge is 0.416 e. The van der Waals surface area contributed by atoms with Crippen molar-refractivity contribution < 1.29 is 27.2 Å². The van der Waals surface area contributed by atoms with Crippen LogP contribution < -0.4 is 5.32 Å². The molecule has 1 saturated heterocycles. The van der Waals surface area contributed by atoms with E-state index in [4.69, 9.17) is 0 Å². The molecule has 27 heavy (non-hydrogen) atoms. The van der Waals surface area contributed by atoms with Gasteiger partial charge in [-0.15, -0.1) is 0 Å². The number of alkyl halides is 3. The Kier molecular flexibility index (Phi) is 4.86. The van der Waals surface area contributed by atoms with Crippen molar-refractivity contribution in [2.45, 2.75) is 12.1 Å². The number of rotatable bonds is 3. The third kappa shape index (κ3) is 3.76. The first-order valence-corrected chi connectivity index (χ1v) is 8.02. The van der Waals surface area contributed by atoms with Crippen molar-refractivity contribution in [1.29, 1.82) is 0 Å². The number of hydrogen-bond donors (Lipinski definition) is 1. The minimum Gasteiger partial charge on any atom is -0.344 e. The molecule has 2 amide bonds. The summed E-state index contributed by atoms with van der Waals surface area (Å²) in [6, 6.07) is 7.06. The summed E-state index contributed by atoms with van der Waals surface area (Å²) in [5, 5.41) is 2.33. The number of halogens is 4. The summed E-state index contributed by atoms with van der Waals surface area (Å²) in [5.74, 6) is -3.94. The molecule has 9 heteroatoms. The molecule has 0 radical (unpaired) electrons. The Morgan fingerprint density at radius 2 is 1.89 bits per heavy atom. The number of nitrogens with zero attached hydrogens (tertiary/aromatic N) is 2. The van der Waals surface area contributed by atoms with Gasteiger partial charge in [-0.1, -0.05) is 12.1 Å². The van der Waals surface area contributed by atoms with Crippen molar-refractivity contribution in [3.8, 4) is 0 Å². The zero-order valence-corrected chi connectivity index (χ0v) is 14.1. The van der Waals surface area contributed by atoms with Gasteiger partial charge in [0.2, 0.25) is 17.8 Å². The number of hydrogen-bond acceptors (Lipinski definition) is 3. The van der Waals surface area contributed by atoms with E-state index in [1.54, 1.807) is 0 Å². The van der Waals surface area contributed by atoms with E-state index in [0.29, 0.717) is 5.56 Å². The Morgan fingerprint density at radius 1 is 1.22 bits per heavy atom. The first-order valence-electron chi connectivity index (χ1n) is 8.02. The third-order valence-electron chi connectivity index (χ3n) is 4.48. The summed E-state index contributed by atoms with van der Waals surface area (Å²) < 4.78 is 51.9. The second kappa shape index (κ2) is 6.98. The van der Waals surface area contributed by atoms with Crippen molar-refractivity contribution >= 4 is 17.5 Å².